The number of aromatic nitrogens is 5. The maximum absolute atomic E-state index is 6.01. The molecule has 154 valence electrons. The summed E-state index contributed by atoms with van der Waals surface area (Å²) in [5.74, 6) is 0.900. The fraction of sp³-hybridized carbons (Fsp3) is 0.524. The molecule has 1 saturated heterocycles. The number of rotatable bonds is 7. The molecule has 1 N–H and O–H groups in total. The molecule has 7 nitrogen and oxygen atoms in total. The lowest BCUT2D eigenvalue weighted by atomic mass is 10.1. The van der Waals surface area contributed by atoms with E-state index in [1.807, 2.05) is 23.1 Å². The molecule has 1 aliphatic heterocycles. The van der Waals surface area contributed by atoms with Gasteiger partial charge in [0.25, 0.3) is 0 Å². The number of thiophene rings is 1. The van der Waals surface area contributed by atoms with Gasteiger partial charge in [-0.05, 0) is 61.6 Å². The lowest BCUT2D eigenvalue weighted by molar-refractivity contribution is -0.942. The minimum atomic E-state index is -0.197. The monoisotopic (exact) mass is 413 g/mol. The van der Waals surface area contributed by atoms with E-state index in [1.165, 1.54) is 15.3 Å². The van der Waals surface area contributed by atoms with Crippen LogP contribution in [-0.2, 0) is 16.8 Å². The van der Waals surface area contributed by atoms with Crippen molar-refractivity contribution in [3.05, 3.63) is 58.3 Å². The topological polar surface area (TPSA) is 70.2 Å². The molecule has 4 rings (SSSR count). The van der Waals surface area contributed by atoms with Gasteiger partial charge in [-0.1, -0.05) is 12.1 Å². The number of pyridine rings is 1. The highest BCUT2D eigenvalue weighted by molar-refractivity contribution is 7.10. The Morgan fingerprint density at radius 3 is 2.86 bits per heavy atom. The molecule has 1 aliphatic rings. The zero-order chi connectivity index (χ0) is 20.3. The highest BCUT2D eigenvalue weighted by Crippen LogP contribution is 2.26. The predicted molar refractivity (Wildman–Crippen MR) is 112 cm³/mol. The summed E-state index contributed by atoms with van der Waals surface area (Å²) in [5, 5.41) is 15.0. The van der Waals surface area contributed by atoms with Crippen LogP contribution in [0.5, 0.6) is 0 Å². The van der Waals surface area contributed by atoms with E-state index in [2.05, 4.69) is 64.9 Å². The van der Waals surface area contributed by atoms with Crippen LogP contribution in [0, 0.1) is 0 Å². The number of quaternary nitrogens is 1. The molecular formula is C21H29N6OS+. The molecule has 0 radical (unpaired) electrons. The zero-order valence-electron chi connectivity index (χ0n) is 17.3. The third kappa shape index (κ3) is 4.71. The van der Waals surface area contributed by atoms with Crippen molar-refractivity contribution in [2.24, 2.45) is 0 Å². The molecular weight excluding hydrogens is 384 g/mol. The van der Waals surface area contributed by atoms with E-state index in [0.717, 1.165) is 38.4 Å². The molecule has 1 fully saturated rings. The Hall–Kier alpha value is -2.16. The quantitative estimate of drug-likeness (QED) is 0.643. The van der Waals surface area contributed by atoms with Crippen LogP contribution in [0.2, 0.25) is 0 Å². The second-order valence-electron chi connectivity index (χ2n) is 8.60. The van der Waals surface area contributed by atoms with Crippen molar-refractivity contribution in [2.45, 2.75) is 57.8 Å². The number of hydrogen-bond acceptors (Lipinski definition) is 6. The summed E-state index contributed by atoms with van der Waals surface area (Å²) in [5.41, 5.74) is 1.01. The first kappa shape index (κ1) is 20.1. The van der Waals surface area contributed by atoms with E-state index in [4.69, 9.17) is 4.74 Å². The average molecular weight is 414 g/mol. The smallest absolute Gasteiger partial charge is 0.215 e. The standard InChI is InChI=1S/C21H28N6OS/c1-21(2,3)27-20(23-24-25-27)19(18-9-6-12-29-18)26(15-17-8-5-11-28-17)14-16-7-4-10-22-13-16/h4,6-7,9-10,12-13,17,19H,5,8,11,14-15H2,1-3H3/p+1/t17-,19-/m0/s1. The fourth-order valence-corrected chi connectivity index (χ4v) is 4.85. The van der Waals surface area contributed by atoms with Gasteiger partial charge < -0.3 is 9.64 Å². The molecule has 3 aromatic rings. The molecule has 0 spiro atoms. The number of ether oxygens (including phenoxy) is 1. The van der Waals surface area contributed by atoms with Crippen LogP contribution >= 0.6 is 11.3 Å². The largest absolute Gasteiger partial charge is 0.372 e. The lowest BCUT2D eigenvalue weighted by Gasteiger charge is -2.31. The van der Waals surface area contributed by atoms with Crippen molar-refractivity contribution in [3.8, 4) is 0 Å². The number of nitrogens with zero attached hydrogens (tertiary/aromatic N) is 5. The van der Waals surface area contributed by atoms with Gasteiger partial charge in [0.15, 0.2) is 6.04 Å². The van der Waals surface area contributed by atoms with Crippen molar-refractivity contribution in [1.29, 1.82) is 0 Å². The highest BCUT2D eigenvalue weighted by atomic mass is 32.1. The van der Waals surface area contributed by atoms with E-state index in [9.17, 15) is 0 Å². The summed E-state index contributed by atoms with van der Waals surface area (Å²) in [6, 6.07) is 8.47. The minimum absolute atomic E-state index is 0.0358. The molecule has 0 amide bonds. The van der Waals surface area contributed by atoms with Gasteiger partial charge in [-0.3, -0.25) is 4.98 Å². The SMILES string of the molecule is CC(C)(C)n1nnnc1[C@H](c1cccs1)[NH+](Cc1cccnc1)C[C@@H]1CCCO1. The van der Waals surface area contributed by atoms with Gasteiger partial charge in [-0.25, -0.2) is 4.68 Å². The maximum atomic E-state index is 6.01. The highest BCUT2D eigenvalue weighted by Gasteiger charge is 2.37. The third-order valence-corrected chi connectivity index (χ3v) is 6.23. The molecule has 0 aromatic carbocycles. The Kier molecular flexibility index (Phi) is 6.03. The van der Waals surface area contributed by atoms with E-state index < -0.39 is 0 Å². The van der Waals surface area contributed by atoms with Gasteiger partial charge in [0, 0.05) is 24.6 Å². The van der Waals surface area contributed by atoms with Gasteiger partial charge in [0.2, 0.25) is 5.82 Å². The molecule has 3 aromatic heterocycles. The Bertz CT molecular complexity index is 884. The second kappa shape index (κ2) is 8.69. The van der Waals surface area contributed by atoms with Gasteiger partial charge in [-0.15, -0.1) is 16.4 Å². The number of nitrogens with one attached hydrogen (secondary N) is 1. The molecule has 3 atom stereocenters. The summed E-state index contributed by atoms with van der Waals surface area (Å²) in [6.07, 6.45) is 6.28. The summed E-state index contributed by atoms with van der Waals surface area (Å²) in [4.78, 5) is 6.97. The molecule has 8 heteroatoms. The van der Waals surface area contributed by atoms with Crippen molar-refractivity contribution in [1.82, 2.24) is 25.2 Å². The van der Waals surface area contributed by atoms with E-state index in [-0.39, 0.29) is 17.7 Å². The predicted octanol–water partition coefficient (Wildman–Crippen LogP) is 2.24. The van der Waals surface area contributed by atoms with Crippen LogP contribution < -0.4 is 4.90 Å². The van der Waals surface area contributed by atoms with Gasteiger partial charge in [-0.2, -0.15) is 0 Å². The summed E-state index contributed by atoms with van der Waals surface area (Å²) in [7, 11) is 0. The molecule has 0 bridgehead atoms. The van der Waals surface area contributed by atoms with Crippen LogP contribution in [0.25, 0.3) is 0 Å². The van der Waals surface area contributed by atoms with E-state index in [1.54, 1.807) is 11.3 Å². The van der Waals surface area contributed by atoms with E-state index in [0.29, 0.717) is 0 Å². The van der Waals surface area contributed by atoms with Crippen molar-refractivity contribution < 1.29 is 9.64 Å². The summed E-state index contributed by atoms with van der Waals surface area (Å²) >= 11 is 1.76. The first-order valence-corrected chi connectivity index (χ1v) is 11.1. The number of hydrogen-bond donors (Lipinski definition) is 1. The Morgan fingerprint density at radius 1 is 1.31 bits per heavy atom. The lowest BCUT2D eigenvalue weighted by Crippen LogP contribution is -3.12. The maximum Gasteiger partial charge on any atom is 0.215 e. The van der Waals surface area contributed by atoms with Gasteiger partial charge in [0.05, 0.1) is 10.4 Å². The molecule has 4 heterocycles. The fourth-order valence-electron chi connectivity index (χ4n) is 3.97. The first-order valence-electron chi connectivity index (χ1n) is 10.2. The third-order valence-electron chi connectivity index (χ3n) is 5.29. The van der Waals surface area contributed by atoms with Crippen molar-refractivity contribution >= 4 is 11.3 Å². The van der Waals surface area contributed by atoms with Gasteiger partial charge >= 0.3 is 0 Å². The first-order chi connectivity index (χ1) is 14.0. The Labute approximate surface area is 175 Å². The zero-order valence-corrected chi connectivity index (χ0v) is 18.1. The summed E-state index contributed by atoms with van der Waals surface area (Å²) < 4.78 is 7.98. The molecule has 1 unspecified atom stereocenters. The van der Waals surface area contributed by atoms with Crippen molar-refractivity contribution in [2.75, 3.05) is 13.2 Å². The number of tetrazole rings is 1. The van der Waals surface area contributed by atoms with E-state index >= 15 is 0 Å². The Balaban J connectivity index is 1.75. The normalized spacial score (nSPS) is 19.3. The Morgan fingerprint density at radius 2 is 2.21 bits per heavy atom. The van der Waals surface area contributed by atoms with Crippen LogP contribution in [0.4, 0.5) is 0 Å². The summed E-state index contributed by atoms with van der Waals surface area (Å²) in [6.45, 7) is 9.02. The minimum Gasteiger partial charge on any atom is -0.372 e. The molecule has 29 heavy (non-hydrogen) atoms. The van der Waals surface area contributed by atoms with Gasteiger partial charge in [0.1, 0.15) is 19.2 Å². The van der Waals surface area contributed by atoms with Crippen LogP contribution in [-0.4, -0.2) is 44.4 Å². The van der Waals surface area contributed by atoms with Crippen LogP contribution in [0.15, 0.2) is 42.0 Å². The molecule has 0 saturated carbocycles. The average Bonchev–Trinajstić information content (AvgIpc) is 3.45. The van der Waals surface area contributed by atoms with Crippen LogP contribution in [0.3, 0.4) is 0 Å². The molecule has 0 aliphatic carbocycles. The van der Waals surface area contributed by atoms with Crippen molar-refractivity contribution in [3.63, 3.8) is 0 Å². The second-order valence-corrected chi connectivity index (χ2v) is 9.58. The van der Waals surface area contributed by atoms with Crippen LogP contribution in [0.1, 0.15) is 55.9 Å².